The molecule has 1 aliphatic rings. The van der Waals surface area contributed by atoms with Crippen LogP contribution in [-0.2, 0) is 9.53 Å². The maximum Gasteiger partial charge on any atom is 0.404 e. The molecule has 0 aromatic carbocycles. The van der Waals surface area contributed by atoms with Crippen molar-refractivity contribution in [3.63, 3.8) is 0 Å². The zero-order chi connectivity index (χ0) is 12.3. The number of hydrogen-bond acceptors (Lipinski definition) is 5. The fourth-order valence-electron chi connectivity index (χ4n) is 1.71. The van der Waals surface area contributed by atoms with Crippen molar-refractivity contribution < 1.29 is 14.3 Å². The lowest BCUT2D eigenvalue weighted by Gasteiger charge is -2.23. The van der Waals surface area contributed by atoms with E-state index in [4.69, 9.17) is 21.6 Å². The molecule has 1 aliphatic heterocycles. The minimum Gasteiger partial charge on any atom is -0.444 e. The first-order chi connectivity index (χ1) is 7.45. The van der Waals surface area contributed by atoms with Crippen molar-refractivity contribution in [2.75, 3.05) is 12.3 Å². The van der Waals surface area contributed by atoms with Gasteiger partial charge in [0, 0.05) is 12.2 Å². The summed E-state index contributed by atoms with van der Waals surface area (Å²) in [7, 11) is 0. The van der Waals surface area contributed by atoms with Gasteiger partial charge in [0.05, 0.1) is 6.54 Å². The van der Waals surface area contributed by atoms with Gasteiger partial charge in [-0.05, 0) is 0 Å². The maximum atomic E-state index is 11.2. The van der Waals surface area contributed by atoms with Crippen molar-refractivity contribution in [2.24, 2.45) is 11.5 Å². The molecule has 1 saturated heterocycles. The van der Waals surface area contributed by atoms with Crippen LogP contribution in [0.4, 0.5) is 4.79 Å². The van der Waals surface area contributed by atoms with Gasteiger partial charge in [-0.1, -0.05) is 0 Å². The van der Waals surface area contributed by atoms with Gasteiger partial charge in [0.1, 0.15) is 18.0 Å². The van der Waals surface area contributed by atoms with Gasteiger partial charge in [0.25, 0.3) is 0 Å². The Bertz CT molecular complexity index is 322. The molecule has 0 aliphatic carbocycles. The molecule has 0 radical (unpaired) electrons. The molecule has 7 nitrogen and oxygen atoms in total. The molecule has 8 heteroatoms. The van der Waals surface area contributed by atoms with E-state index in [-0.39, 0.29) is 24.6 Å². The highest BCUT2D eigenvalue weighted by atomic mass is 32.1. The number of nitrogens with two attached hydrogens (primary N) is 2. The molecule has 0 spiro atoms. The van der Waals surface area contributed by atoms with Crippen LogP contribution in [0.15, 0.2) is 0 Å². The molecule has 0 saturated carbocycles. The number of nitrogens with zero attached hydrogens (tertiary/aromatic N) is 1. The highest BCUT2D eigenvalue weighted by molar-refractivity contribution is 7.81. The van der Waals surface area contributed by atoms with Crippen molar-refractivity contribution in [1.82, 2.24) is 4.90 Å². The summed E-state index contributed by atoms with van der Waals surface area (Å²) < 4.78 is 4.78. The number of primary amides is 2. The third-order valence-electron chi connectivity index (χ3n) is 2.37. The van der Waals surface area contributed by atoms with Gasteiger partial charge in [-0.15, -0.1) is 0 Å². The number of thiol groups is 1. The predicted octanol–water partition coefficient (Wildman–Crippen LogP) is -1.08. The maximum absolute atomic E-state index is 11.2. The lowest BCUT2D eigenvalue weighted by molar-refractivity contribution is -0.121. The molecule has 1 heterocycles. The number of likely N-dealkylation sites (tertiary alicyclic amines) is 1. The van der Waals surface area contributed by atoms with E-state index in [0.717, 1.165) is 0 Å². The summed E-state index contributed by atoms with van der Waals surface area (Å²) in [4.78, 5) is 23.2. The second-order valence-corrected chi connectivity index (χ2v) is 3.79. The third-order valence-corrected chi connectivity index (χ3v) is 2.67. The van der Waals surface area contributed by atoms with E-state index in [1.165, 1.54) is 4.90 Å². The van der Waals surface area contributed by atoms with Gasteiger partial charge >= 0.3 is 6.09 Å². The quantitative estimate of drug-likeness (QED) is 0.287. The first-order valence-electron chi connectivity index (χ1n) is 4.66. The fraction of sp³-hybridized carbons (Fsp3) is 0.625. The van der Waals surface area contributed by atoms with Crippen molar-refractivity contribution in [2.45, 2.75) is 18.6 Å². The van der Waals surface area contributed by atoms with Crippen LogP contribution in [0, 0.1) is 5.41 Å². The first-order valence-corrected chi connectivity index (χ1v) is 5.29. The lowest BCUT2D eigenvalue weighted by Crippen LogP contribution is -2.44. The summed E-state index contributed by atoms with van der Waals surface area (Å²) in [5.41, 5.74) is 10.1. The van der Waals surface area contributed by atoms with Crippen molar-refractivity contribution in [3.8, 4) is 0 Å². The molecule has 16 heavy (non-hydrogen) atoms. The van der Waals surface area contributed by atoms with Crippen LogP contribution in [0.25, 0.3) is 0 Å². The minimum absolute atomic E-state index is 0.169. The molecular weight excluding hydrogens is 232 g/mol. The second-order valence-electron chi connectivity index (χ2n) is 3.47. The average Bonchev–Trinajstić information content (AvgIpc) is 2.59. The standard InChI is InChI=1S/C8H14N4O3S/c9-6(3-16)12-2-4(15-8(11)14)1-5(12)7(10)13/h4-5,9,16H,1-3H2,(H2,10,13)(H2,11,14)/t4-,5+/m1/s1. The molecule has 5 N–H and O–H groups in total. The molecule has 0 aromatic heterocycles. The number of carbonyl (C=O) groups excluding carboxylic acids is 2. The largest absolute Gasteiger partial charge is 0.444 e. The Hall–Kier alpha value is -1.44. The van der Waals surface area contributed by atoms with Crippen LogP contribution in [0.5, 0.6) is 0 Å². The average molecular weight is 246 g/mol. The van der Waals surface area contributed by atoms with Crippen molar-refractivity contribution >= 4 is 30.5 Å². The highest BCUT2D eigenvalue weighted by Gasteiger charge is 2.38. The Morgan fingerprint density at radius 3 is 2.56 bits per heavy atom. The summed E-state index contributed by atoms with van der Waals surface area (Å²) >= 11 is 3.95. The Balaban J connectivity index is 2.71. The molecule has 90 valence electrons. The number of hydrogen-bond donors (Lipinski definition) is 4. The summed E-state index contributed by atoms with van der Waals surface area (Å²) in [6, 6.07) is -0.635. The Kier molecular flexibility index (Phi) is 3.99. The number of rotatable bonds is 3. The topological polar surface area (TPSA) is 122 Å². The summed E-state index contributed by atoms with van der Waals surface area (Å²) in [6.07, 6.45) is -1.14. The van der Waals surface area contributed by atoms with Crippen LogP contribution < -0.4 is 11.5 Å². The number of nitrogens with one attached hydrogen (secondary N) is 1. The van der Waals surface area contributed by atoms with Gasteiger partial charge in [-0.3, -0.25) is 10.2 Å². The molecule has 0 aromatic rings. The van der Waals surface area contributed by atoms with Crippen molar-refractivity contribution in [1.29, 1.82) is 5.41 Å². The van der Waals surface area contributed by atoms with Gasteiger partial charge < -0.3 is 21.1 Å². The van der Waals surface area contributed by atoms with Crippen LogP contribution in [0.1, 0.15) is 6.42 Å². The zero-order valence-electron chi connectivity index (χ0n) is 8.55. The van der Waals surface area contributed by atoms with E-state index in [1.54, 1.807) is 0 Å². The molecule has 0 bridgehead atoms. The van der Waals surface area contributed by atoms with E-state index in [9.17, 15) is 9.59 Å². The Morgan fingerprint density at radius 1 is 1.50 bits per heavy atom. The van der Waals surface area contributed by atoms with Gasteiger partial charge in [-0.2, -0.15) is 12.6 Å². The lowest BCUT2D eigenvalue weighted by atomic mass is 10.2. The van der Waals surface area contributed by atoms with Gasteiger partial charge in [0.2, 0.25) is 5.91 Å². The van der Waals surface area contributed by atoms with Crippen molar-refractivity contribution in [3.05, 3.63) is 0 Å². The molecule has 1 fully saturated rings. The van der Waals surface area contributed by atoms with E-state index in [2.05, 4.69) is 12.6 Å². The van der Waals surface area contributed by atoms with E-state index >= 15 is 0 Å². The van der Waals surface area contributed by atoms with E-state index < -0.39 is 24.1 Å². The van der Waals surface area contributed by atoms with E-state index in [0.29, 0.717) is 0 Å². The SMILES string of the molecule is N=C(CS)N1C[C@H](OC(N)=O)C[C@H]1C(N)=O. The zero-order valence-corrected chi connectivity index (χ0v) is 9.44. The second kappa shape index (κ2) is 5.06. The smallest absolute Gasteiger partial charge is 0.404 e. The molecule has 1 rings (SSSR count). The number of carbonyl (C=O) groups is 2. The van der Waals surface area contributed by atoms with Crippen LogP contribution in [-0.4, -0.2) is 47.2 Å². The van der Waals surface area contributed by atoms with Crippen LogP contribution >= 0.6 is 12.6 Å². The molecular formula is C8H14N4O3S. The molecule has 0 unspecified atom stereocenters. The first kappa shape index (κ1) is 12.6. The van der Waals surface area contributed by atoms with Gasteiger partial charge in [0.15, 0.2) is 0 Å². The summed E-state index contributed by atoms with van der Waals surface area (Å²) in [5.74, 6) is -0.197. The minimum atomic E-state index is -0.896. The van der Waals surface area contributed by atoms with Gasteiger partial charge in [-0.25, -0.2) is 4.79 Å². The summed E-state index contributed by atoms with van der Waals surface area (Å²) in [6.45, 7) is 0.246. The monoisotopic (exact) mass is 246 g/mol. The number of amides is 2. The predicted molar refractivity (Wildman–Crippen MR) is 60.3 cm³/mol. The third kappa shape index (κ3) is 2.78. The van der Waals surface area contributed by atoms with Crippen LogP contribution in [0.3, 0.4) is 0 Å². The Morgan fingerprint density at radius 2 is 2.12 bits per heavy atom. The van der Waals surface area contributed by atoms with Crippen LogP contribution in [0.2, 0.25) is 0 Å². The number of ether oxygens (including phenoxy) is 1. The molecule has 2 amide bonds. The number of amidine groups is 1. The fourth-order valence-corrected chi connectivity index (χ4v) is 1.89. The summed E-state index contributed by atoms with van der Waals surface area (Å²) in [5, 5.41) is 7.60. The Labute approximate surface area is 98.0 Å². The van der Waals surface area contributed by atoms with E-state index in [1.807, 2.05) is 0 Å². The highest BCUT2D eigenvalue weighted by Crippen LogP contribution is 2.20. The molecule has 2 atom stereocenters. The normalized spacial score (nSPS) is 24.2.